The molecule has 0 bridgehead atoms. The molecule has 5 heteroatoms. The Balaban J connectivity index is 3.33. The summed E-state index contributed by atoms with van der Waals surface area (Å²) < 4.78 is 0. The molecule has 0 aromatic heterocycles. The first kappa shape index (κ1) is 23.6. The highest BCUT2D eigenvalue weighted by Crippen LogP contribution is 2.06. The SMILES string of the molecule is CCCCCC/C=C/CCCCCC(=O)NCCCC[C@H](N)C(=O)O. The third-order valence-corrected chi connectivity index (χ3v) is 4.25. The molecule has 1 atom stereocenters. The number of unbranched alkanes of at least 4 members (excludes halogenated alkanes) is 8. The minimum absolute atomic E-state index is 0.0917. The van der Waals surface area contributed by atoms with Crippen LogP contribution in [0.3, 0.4) is 0 Å². The number of hydrogen-bond acceptors (Lipinski definition) is 3. The number of nitrogens with two attached hydrogens (primary N) is 1. The zero-order valence-corrected chi connectivity index (χ0v) is 16.0. The van der Waals surface area contributed by atoms with Gasteiger partial charge >= 0.3 is 5.97 Å². The van der Waals surface area contributed by atoms with Crippen molar-refractivity contribution in [3.8, 4) is 0 Å². The maximum atomic E-state index is 11.7. The van der Waals surface area contributed by atoms with Gasteiger partial charge in [-0.05, 0) is 51.4 Å². The number of rotatable bonds is 17. The molecule has 4 N–H and O–H groups in total. The molecule has 0 spiro atoms. The molecule has 0 saturated carbocycles. The van der Waals surface area contributed by atoms with Crippen LogP contribution in [0.4, 0.5) is 0 Å². The molecule has 0 aliphatic heterocycles. The molecule has 146 valence electrons. The minimum atomic E-state index is -0.963. The van der Waals surface area contributed by atoms with E-state index in [-0.39, 0.29) is 5.91 Å². The summed E-state index contributed by atoms with van der Waals surface area (Å²) in [6.45, 7) is 2.83. The van der Waals surface area contributed by atoms with Crippen LogP contribution in [0.2, 0.25) is 0 Å². The molecule has 0 saturated heterocycles. The Hall–Kier alpha value is -1.36. The average Bonchev–Trinajstić information content (AvgIpc) is 2.59. The van der Waals surface area contributed by atoms with Gasteiger partial charge in [0.1, 0.15) is 6.04 Å². The summed E-state index contributed by atoms with van der Waals surface area (Å²) in [5, 5.41) is 11.5. The third-order valence-electron chi connectivity index (χ3n) is 4.25. The van der Waals surface area contributed by atoms with Crippen LogP contribution in [-0.4, -0.2) is 29.6 Å². The molecular formula is C20H38N2O3. The molecule has 25 heavy (non-hydrogen) atoms. The van der Waals surface area contributed by atoms with E-state index in [1.165, 1.54) is 32.1 Å². The van der Waals surface area contributed by atoms with Crippen molar-refractivity contribution in [3.05, 3.63) is 12.2 Å². The third kappa shape index (κ3) is 17.3. The van der Waals surface area contributed by atoms with Gasteiger partial charge in [0.05, 0.1) is 0 Å². The number of amides is 1. The van der Waals surface area contributed by atoms with Gasteiger partial charge in [0.25, 0.3) is 0 Å². The summed E-state index contributed by atoms with van der Waals surface area (Å²) in [7, 11) is 0. The van der Waals surface area contributed by atoms with Crippen molar-refractivity contribution in [1.29, 1.82) is 0 Å². The first-order valence-corrected chi connectivity index (χ1v) is 9.98. The Bertz CT molecular complexity index is 370. The summed E-state index contributed by atoms with van der Waals surface area (Å²) >= 11 is 0. The lowest BCUT2D eigenvalue weighted by Gasteiger charge is -2.07. The van der Waals surface area contributed by atoms with Crippen molar-refractivity contribution in [3.63, 3.8) is 0 Å². The highest BCUT2D eigenvalue weighted by molar-refractivity contribution is 5.75. The van der Waals surface area contributed by atoms with Crippen LogP contribution in [0.15, 0.2) is 12.2 Å². The summed E-state index contributed by atoms with van der Waals surface area (Å²) in [5.41, 5.74) is 5.42. The number of aliphatic carboxylic acids is 1. The molecule has 0 heterocycles. The fraction of sp³-hybridized carbons (Fsp3) is 0.800. The van der Waals surface area contributed by atoms with Crippen LogP contribution < -0.4 is 11.1 Å². The Morgan fingerprint density at radius 1 is 0.960 bits per heavy atom. The van der Waals surface area contributed by atoms with Gasteiger partial charge in [-0.3, -0.25) is 9.59 Å². The quantitative estimate of drug-likeness (QED) is 0.270. The molecule has 0 radical (unpaired) electrons. The standard InChI is InChI=1S/C20H38N2O3/c1-2-3-4-5-6-7-8-9-10-11-12-16-19(23)22-17-14-13-15-18(21)20(24)25/h7-8,18H,2-6,9-17,21H2,1H3,(H,22,23)(H,24,25)/b8-7+/t18-/m0/s1. The summed E-state index contributed by atoms with van der Waals surface area (Å²) in [4.78, 5) is 22.2. The van der Waals surface area contributed by atoms with E-state index in [2.05, 4.69) is 24.4 Å². The molecule has 0 aliphatic rings. The number of carboxylic acid groups (broad SMARTS) is 1. The van der Waals surface area contributed by atoms with Crippen LogP contribution >= 0.6 is 0 Å². The van der Waals surface area contributed by atoms with Crippen molar-refractivity contribution >= 4 is 11.9 Å². The van der Waals surface area contributed by atoms with Crippen molar-refractivity contribution in [2.24, 2.45) is 5.73 Å². The van der Waals surface area contributed by atoms with Gasteiger partial charge in [0.15, 0.2) is 0 Å². The summed E-state index contributed by atoms with van der Waals surface area (Å²) in [6.07, 6.45) is 17.8. The fourth-order valence-corrected chi connectivity index (χ4v) is 2.58. The van der Waals surface area contributed by atoms with E-state index in [0.29, 0.717) is 19.4 Å². The van der Waals surface area contributed by atoms with E-state index in [0.717, 1.165) is 38.5 Å². The van der Waals surface area contributed by atoms with Crippen molar-refractivity contribution in [1.82, 2.24) is 5.32 Å². The van der Waals surface area contributed by atoms with Crippen molar-refractivity contribution in [2.75, 3.05) is 6.54 Å². The van der Waals surface area contributed by atoms with E-state index in [1.807, 2.05) is 0 Å². The first-order valence-electron chi connectivity index (χ1n) is 9.98. The van der Waals surface area contributed by atoms with Gasteiger partial charge in [-0.15, -0.1) is 0 Å². The van der Waals surface area contributed by atoms with E-state index >= 15 is 0 Å². The summed E-state index contributed by atoms with van der Waals surface area (Å²) in [5.74, 6) is -0.871. The van der Waals surface area contributed by atoms with Crippen LogP contribution in [0, 0.1) is 0 Å². The number of carboxylic acids is 1. The predicted molar refractivity (Wildman–Crippen MR) is 103 cm³/mol. The second-order valence-corrected chi connectivity index (χ2v) is 6.71. The summed E-state index contributed by atoms with van der Waals surface area (Å²) in [6, 6.07) is -0.791. The second kappa shape index (κ2) is 17.5. The topological polar surface area (TPSA) is 92.4 Å². The molecule has 0 rings (SSSR count). The van der Waals surface area contributed by atoms with Crippen LogP contribution in [-0.2, 0) is 9.59 Å². The second-order valence-electron chi connectivity index (χ2n) is 6.71. The predicted octanol–water partition coefficient (Wildman–Crippen LogP) is 4.16. The van der Waals surface area contributed by atoms with Crippen LogP contribution in [0.1, 0.15) is 90.4 Å². The zero-order chi connectivity index (χ0) is 18.8. The smallest absolute Gasteiger partial charge is 0.320 e. The van der Waals surface area contributed by atoms with Gasteiger partial charge in [-0.25, -0.2) is 0 Å². The van der Waals surface area contributed by atoms with Gasteiger partial charge in [-0.2, -0.15) is 0 Å². The number of carbonyl (C=O) groups is 2. The number of allylic oxidation sites excluding steroid dienone is 2. The van der Waals surface area contributed by atoms with E-state index in [4.69, 9.17) is 10.8 Å². The number of hydrogen-bond donors (Lipinski definition) is 3. The zero-order valence-electron chi connectivity index (χ0n) is 16.0. The van der Waals surface area contributed by atoms with Gasteiger partial charge in [0, 0.05) is 13.0 Å². The molecule has 0 aromatic carbocycles. The number of nitrogens with one attached hydrogen (secondary N) is 1. The van der Waals surface area contributed by atoms with Gasteiger partial charge < -0.3 is 16.2 Å². The van der Waals surface area contributed by atoms with Gasteiger partial charge in [-0.1, -0.05) is 44.8 Å². The molecule has 0 unspecified atom stereocenters. The highest BCUT2D eigenvalue weighted by atomic mass is 16.4. The fourth-order valence-electron chi connectivity index (χ4n) is 2.58. The Morgan fingerprint density at radius 3 is 2.20 bits per heavy atom. The molecule has 0 aliphatic carbocycles. The maximum Gasteiger partial charge on any atom is 0.320 e. The normalized spacial score (nSPS) is 12.4. The van der Waals surface area contributed by atoms with Crippen molar-refractivity contribution < 1.29 is 14.7 Å². The Kier molecular flexibility index (Phi) is 16.5. The molecular weight excluding hydrogens is 316 g/mol. The average molecular weight is 355 g/mol. The van der Waals surface area contributed by atoms with E-state index in [1.54, 1.807) is 0 Å². The monoisotopic (exact) mass is 354 g/mol. The molecule has 1 amide bonds. The molecule has 5 nitrogen and oxygen atoms in total. The minimum Gasteiger partial charge on any atom is -0.480 e. The number of carbonyl (C=O) groups excluding carboxylic acids is 1. The van der Waals surface area contributed by atoms with Gasteiger partial charge in [0.2, 0.25) is 5.91 Å². The maximum absolute atomic E-state index is 11.7. The van der Waals surface area contributed by atoms with E-state index < -0.39 is 12.0 Å². The molecule has 0 fully saturated rings. The van der Waals surface area contributed by atoms with Crippen molar-refractivity contribution in [2.45, 2.75) is 96.4 Å². The molecule has 0 aromatic rings. The lowest BCUT2D eigenvalue weighted by Crippen LogP contribution is -2.30. The van der Waals surface area contributed by atoms with Crippen LogP contribution in [0.5, 0.6) is 0 Å². The highest BCUT2D eigenvalue weighted by Gasteiger charge is 2.10. The lowest BCUT2D eigenvalue weighted by molar-refractivity contribution is -0.138. The lowest BCUT2D eigenvalue weighted by atomic mass is 10.1. The Labute approximate surface area is 153 Å². The first-order chi connectivity index (χ1) is 12.1. The largest absolute Gasteiger partial charge is 0.480 e. The Morgan fingerprint density at radius 2 is 1.60 bits per heavy atom. The van der Waals surface area contributed by atoms with Crippen LogP contribution in [0.25, 0.3) is 0 Å². The van der Waals surface area contributed by atoms with E-state index in [9.17, 15) is 9.59 Å².